The Bertz CT molecular complexity index is 827. The molecule has 0 aliphatic carbocycles. The van der Waals surface area contributed by atoms with E-state index in [9.17, 15) is 4.79 Å². The predicted octanol–water partition coefficient (Wildman–Crippen LogP) is 1.19. The van der Waals surface area contributed by atoms with Gasteiger partial charge in [0.1, 0.15) is 9.71 Å². The summed E-state index contributed by atoms with van der Waals surface area (Å²) in [5, 5.41) is 12.2. The molecule has 0 saturated carbocycles. The van der Waals surface area contributed by atoms with Gasteiger partial charge in [0, 0.05) is 20.3 Å². The first-order chi connectivity index (χ1) is 9.97. The summed E-state index contributed by atoms with van der Waals surface area (Å²) in [5.41, 5.74) is 8.25. The summed E-state index contributed by atoms with van der Waals surface area (Å²) >= 11 is 1.36. The molecule has 8 heteroatoms. The molecule has 0 aliphatic rings. The fourth-order valence-electron chi connectivity index (χ4n) is 2.31. The van der Waals surface area contributed by atoms with E-state index in [4.69, 9.17) is 5.73 Å². The van der Waals surface area contributed by atoms with Crippen LogP contribution in [0, 0.1) is 6.92 Å². The van der Waals surface area contributed by atoms with E-state index in [0.29, 0.717) is 17.1 Å². The van der Waals surface area contributed by atoms with Crippen LogP contribution in [0.25, 0.3) is 10.2 Å². The molecule has 0 unspecified atom stereocenters. The smallest absolute Gasteiger partial charge is 0.263 e. The van der Waals surface area contributed by atoms with Gasteiger partial charge >= 0.3 is 0 Å². The summed E-state index contributed by atoms with van der Waals surface area (Å²) in [5.74, 6) is -0.182. The van der Waals surface area contributed by atoms with E-state index >= 15 is 0 Å². The van der Waals surface area contributed by atoms with Gasteiger partial charge in [-0.1, -0.05) is 0 Å². The predicted molar refractivity (Wildman–Crippen MR) is 82.1 cm³/mol. The second kappa shape index (κ2) is 4.88. The summed E-state index contributed by atoms with van der Waals surface area (Å²) in [4.78, 5) is 13.7. The molecule has 0 radical (unpaired) electrons. The zero-order valence-electron chi connectivity index (χ0n) is 12.0. The molecule has 7 nitrogen and oxygen atoms in total. The van der Waals surface area contributed by atoms with Gasteiger partial charge in [-0.15, -0.1) is 11.3 Å². The maximum Gasteiger partial charge on any atom is 0.263 e. The van der Waals surface area contributed by atoms with Crippen molar-refractivity contribution < 1.29 is 4.79 Å². The van der Waals surface area contributed by atoms with Gasteiger partial charge in [-0.05, 0) is 13.0 Å². The lowest BCUT2D eigenvalue weighted by atomic mass is 10.2. The standard InChI is InChI=1S/C13H16N6OS/c1-7-9-10(14)11(21-13(9)19(3)16-7)12(20)15-6-8-4-5-18(2)17-8/h4-5H,6,14H2,1-3H3,(H,15,20). The lowest BCUT2D eigenvalue weighted by Gasteiger charge is -2.02. The number of amides is 1. The highest BCUT2D eigenvalue weighted by Crippen LogP contribution is 2.35. The second-order valence-corrected chi connectivity index (χ2v) is 5.90. The minimum absolute atomic E-state index is 0.182. The van der Waals surface area contributed by atoms with Crippen molar-refractivity contribution in [3.05, 3.63) is 28.5 Å². The third-order valence-corrected chi connectivity index (χ3v) is 4.56. The molecular formula is C13H16N6OS. The molecule has 0 aromatic carbocycles. The molecule has 3 heterocycles. The number of rotatable bonds is 3. The summed E-state index contributed by atoms with van der Waals surface area (Å²) in [6.45, 7) is 2.27. The van der Waals surface area contributed by atoms with E-state index in [-0.39, 0.29) is 5.91 Å². The van der Waals surface area contributed by atoms with Gasteiger partial charge in [0.15, 0.2) is 0 Å². The fourth-order valence-corrected chi connectivity index (χ4v) is 3.41. The monoisotopic (exact) mass is 304 g/mol. The molecule has 0 spiro atoms. The summed E-state index contributed by atoms with van der Waals surface area (Å²) in [6.07, 6.45) is 1.84. The van der Waals surface area contributed by atoms with Crippen molar-refractivity contribution in [2.45, 2.75) is 13.5 Å². The van der Waals surface area contributed by atoms with E-state index < -0.39 is 0 Å². The Morgan fingerprint density at radius 1 is 1.43 bits per heavy atom. The van der Waals surface area contributed by atoms with Crippen LogP contribution in [0.3, 0.4) is 0 Å². The third-order valence-electron chi connectivity index (χ3n) is 3.29. The number of aryl methyl sites for hydroxylation is 3. The van der Waals surface area contributed by atoms with Crippen LogP contribution in [-0.2, 0) is 20.6 Å². The summed E-state index contributed by atoms with van der Waals surface area (Å²) < 4.78 is 3.45. The molecule has 0 bridgehead atoms. The van der Waals surface area contributed by atoms with Crippen molar-refractivity contribution >= 4 is 33.1 Å². The van der Waals surface area contributed by atoms with Crippen molar-refractivity contribution in [1.29, 1.82) is 0 Å². The molecule has 110 valence electrons. The second-order valence-electron chi connectivity index (χ2n) is 4.90. The Hall–Kier alpha value is -2.35. The largest absolute Gasteiger partial charge is 0.397 e. The van der Waals surface area contributed by atoms with E-state index in [1.165, 1.54) is 11.3 Å². The molecule has 1 amide bonds. The molecule has 0 aliphatic heterocycles. The number of nitrogens with zero attached hydrogens (tertiary/aromatic N) is 4. The number of anilines is 1. The molecule has 0 saturated heterocycles. The number of carbonyl (C=O) groups is 1. The lowest BCUT2D eigenvalue weighted by molar-refractivity contribution is 0.0955. The maximum atomic E-state index is 12.3. The molecule has 3 N–H and O–H groups in total. The third kappa shape index (κ3) is 2.27. The van der Waals surface area contributed by atoms with Crippen molar-refractivity contribution in [1.82, 2.24) is 24.9 Å². The van der Waals surface area contributed by atoms with Gasteiger partial charge in [0.25, 0.3) is 5.91 Å². The highest BCUT2D eigenvalue weighted by atomic mass is 32.1. The van der Waals surface area contributed by atoms with Crippen LogP contribution in [0.5, 0.6) is 0 Å². The van der Waals surface area contributed by atoms with Crippen LogP contribution in [-0.4, -0.2) is 25.5 Å². The number of carbonyl (C=O) groups excluding carboxylic acids is 1. The van der Waals surface area contributed by atoms with Crippen LogP contribution < -0.4 is 11.1 Å². The highest BCUT2D eigenvalue weighted by molar-refractivity contribution is 7.21. The number of nitrogens with two attached hydrogens (primary N) is 1. The van der Waals surface area contributed by atoms with E-state index in [0.717, 1.165) is 21.6 Å². The average Bonchev–Trinajstić information content (AvgIpc) is 3.06. The average molecular weight is 304 g/mol. The van der Waals surface area contributed by atoms with Crippen molar-refractivity contribution in [3.8, 4) is 0 Å². The van der Waals surface area contributed by atoms with Crippen LogP contribution in [0.2, 0.25) is 0 Å². The zero-order valence-corrected chi connectivity index (χ0v) is 12.9. The van der Waals surface area contributed by atoms with E-state index in [2.05, 4.69) is 15.5 Å². The van der Waals surface area contributed by atoms with Crippen LogP contribution in [0.1, 0.15) is 21.1 Å². The number of thiophene rings is 1. The quantitative estimate of drug-likeness (QED) is 0.760. The Morgan fingerprint density at radius 3 is 2.81 bits per heavy atom. The highest BCUT2D eigenvalue weighted by Gasteiger charge is 2.20. The number of nitrogens with one attached hydrogen (secondary N) is 1. The SMILES string of the molecule is Cc1nn(C)c2sc(C(=O)NCc3ccn(C)n3)c(N)c12. The number of nitrogen functional groups attached to an aromatic ring is 1. The zero-order chi connectivity index (χ0) is 15.1. The van der Waals surface area contributed by atoms with Crippen LogP contribution in [0.4, 0.5) is 5.69 Å². The van der Waals surface area contributed by atoms with Crippen molar-refractivity contribution in [2.75, 3.05) is 5.73 Å². The number of aromatic nitrogens is 4. The van der Waals surface area contributed by atoms with Crippen molar-refractivity contribution in [3.63, 3.8) is 0 Å². The minimum atomic E-state index is -0.182. The number of hydrogen-bond acceptors (Lipinski definition) is 5. The lowest BCUT2D eigenvalue weighted by Crippen LogP contribution is -2.23. The van der Waals surface area contributed by atoms with Crippen molar-refractivity contribution in [2.24, 2.45) is 14.1 Å². The van der Waals surface area contributed by atoms with Gasteiger partial charge in [-0.3, -0.25) is 14.2 Å². The number of hydrogen-bond donors (Lipinski definition) is 2. The van der Waals surface area contributed by atoms with E-state index in [1.54, 1.807) is 9.36 Å². The van der Waals surface area contributed by atoms with Gasteiger partial charge in [0.2, 0.25) is 0 Å². The summed E-state index contributed by atoms with van der Waals surface area (Å²) in [6, 6.07) is 1.86. The first-order valence-corrected chi connectivity index (χ1v) is 7.27. The Morgan fingerprint density at radius 2 is 2.19 bits per heavy atom. The van der Waals surface area contributed by atoms with Crippen LogP contribution in [0.15, 0.2) is 12.3 Å². The Balaban J connectivity index is 1.84. The first-order valence-electron chi connectivity index (χ1n) is 6.45. The van der Waals surface area contributed by atoms with Gasteiger partial charge in [-0.2, -0.15) is 10.2 Å². The van der Waals surface area contributed by atoms with Gasteiger partial charge < -0.3 is 11.1 Å². The first kappa shape index (κ1) is 13.6. The Labute approximate surface area is 125 Å². The normalized spacial score (nSPS) is 11.2. The molecule has 3 rings (SSSR count). The Kier molecular flexibility index (Phi) is 3.17. The molecule has 3 aromatic rings. The summed E-state index contributed by atoms with van der Waals surface area (Å²) in [7, 11) is 3.69. The minimum Gasteiger partial charge on any atom is -0.397 e. The van der Waals surface area contributed by atoms with Gasteiger partial charge in [0.05, 0.1) is 29.0 Å². The molecule has 3 aromatic heterocycles. The topological polar surface area (TPSA) is 90.8 Å². The fraction of sp³-hybridized carbons (Fsp3) is 0.308. The molecule has 0 fully saturated rings. The molecule has 0 atom stereocenters. The molecule has 21 heavy (non-hydrogen) atoms. The van der Waals surface area contributed by atoms with E-state index in [1.807, 2.05) is 33.3 Å². The maximum absolute atomic E-state index is 12.3. The van der Waals surface area contributed by atoms with Gasteiger partial charge in [-0.25, -0.2) is 0 Å². The number of fused-ring (bicyclic) bond motifs is 1. The molecular weight excluding hydrogens is 288 g/mol. The van der Waals surface area contributed by atoms with Crippen LogP contribution >= 0.6 is 11.3 Å².